The molecule has 0 heterocycles. The Morgan fingerprint density at radius 2 is 1.70 bits per heavy atom. The van der Waals surface area contributed by atoms with E-state index in [1.807, 2.05) is 48.5 Å². The fourth-order valence-corrected chi connectivity index (χ4v) is 1.96. The highest BCUT2D eigenvalue weighted by molar-refractivity contribution is 9.10. The van der Waals surface area contributed by atoms with E-state index in [-0.39, 0.29) is 12.4 Å². The van der Waals surface area contributed by atoms with E-state index in [2.05, 4.69) is 15.9 Å². The molecule has 0 saturated carbocycles. The maximum absolute atomic E-state index is 5.81. The summed E-state index contributed by atoms with van der Waals surface area (Å²) in [5.74, 6) is 1.43. The first-order valence-electron chi connectivity index (χ1n) is 6.09. The predicted octanol–water partition coefficient (Wildman–Crippen LogP) is 3.79. The molecule has 0 radical (unpaired) electrons. The molecular formula is C15H17BrClNO2. The molecule has 20 heavy (non-hydrogen) atoms. The van der Waals surface area contributed by atoms with E-state index in [4.69, 9.17) is 15.2 Å². The highest BCUT2D eigenvalue weighted by Crippen LogP contribution is 2.31. The Kier molecular flexibility index (Phi) is 7.44. The van der Waals surface area contributed by atoms with Crippen LogP contribution in [0.3, 0.4) is 0 Å². The summed E-state index contributed by atoms with van der Waals surface area (Å²) in [5.41, 5.74) is 6.56. The number of nitrogens with two attached hydrogens (primary N) is 1. The zero-order valence-corrected chi connectivity index (χ0v) is 13.3. The van der Waals surface area contributed by atoms with Crippen LogP contribution in [0.25, 0.3) is 0 Å². The van der Waals surface area contributed by atoms with Crippen LogP contribution in [0.15, 0.2) is 53.0 Å². The number of ether oxygens (including phenoxy) is 2. The van der Waals surface area contributed by atoms with Gasteiger partial charge in [-0.25, -0.2) is 0 Å². The zero-order valence-electron chi connectivity index (χ0n) is 10.9. The monoisotopic (exact) mass is 357 g/mol. The van der Waals surface area contributed by atoms with Crippen LogP contribution < -0.4 is 15.2 Å². The second kappa shape index (κ2) is 8.84. The minimum absolute atomic E-state index is 0. The third-order valence-corrected chi connectivity index (χ3v) is 3.01. The Labute approximate surface area is 133 Å². The van der Waals surface area contributed by atoms with Gasteiger partial charge in [0, 0.05) is 11.0 Å². The zero-order chi connectivity index (χ0) is 13.5. The summed E-state index contributed by atoms with van der Waals surface area (Å²) in [6, 6.07) is 15.7. The smallest absolute Gasteiger partial charge is 0.162 e. The van der Waals surface area contributed by atoms with Crippen molar-refractivity contribution in [3.63, 3.8) is 0 Å². The molecule has 0 aliphatic carbocycles. The van der Waals surface area contributed by atoms with Gasteiger partial charge in [0.15, 0.2) is 11.5 Å². The van der Waals surface area contributed by atoms with Gasteiger partial charge < -0.3 is 15.2 Å². The van der Waals surface area contributed by atoms with Crippen LogP contribution in [0, 0.1) is 0 Å². The third kappa shape index (κ3) is 5.04. The van der Waals surface area contributed by atoms with Crippen LogP contribution in [0.2, 0.25) is 0 Å². The lowest BCUT2D eigenvalue weighted by atomic mass is 10.2. The van der Waals surface area contributed by atoms with Gasteiger partial charge in [-0.15, -0.1) is 12.4 Å². The van der Waals surface area contributed by atoms with Crippen LogP contribution in [-0.2, 0) is 6.61 Å². The Morgan fingerprint density at radius 3 is 2.40 bits per heavy atom. The van der Waals surface area contributed by atoms with Gasteiger partial charge in [0.2, 0.25) is 0 Å². The second-order valence-corrected chi connectivity index (χ2v) is 4.92. The molecule has 3 nitrogen and oxygen atoms in total. The van der Waals surface area contributed by atoms with Gasteiger partial charge in [-0.2, -0.15) is 0 Å². The average Bonchev–Trinajstić information content (AvgIpc) is 2.45. The van der Waals surface area contributed by atoms with Gasteiger partial charge in [-0.3, -0.25) is 0 Å². The van der Waals surface area contributed by atoms with E-state index in [1.54, 1.807) is 0 Å². The standard InChI is InChI=1S/C15H16BrNO2.ClH/c16-13-6-7-14(18-9-8-17)15(10-13)19-11-12-4-2-1-3-5-12;/h1-7,10H,8-9,11,17H2;1H. The van der Waals surface area contributed by atoms with Crippen molar-refractivity contribution in [1.82, 2.24) is 0 Å². The Bertz CT molecular complexity index is 523. The molecule has 0 aliphatic rings. The topological polar surface area (TPSA) is 44.5 Å². The quantitative estimate of drug-likeness (QED) is 0.854. The van der Waals surface area contributed by atoms with Crippen molar-refractivity contribution in [2.75, 3.05) is 13.2 Å². The van der Waals surface area contributed by atoms with Gasteiger partial charge in [0.25, 0.3) is 0 Å². The molecule has 108 valence electrons. The van der Waals surface area contributed by atoms with E-state index >= 15 is 0 Å². The molecule has 0 atom stereocenters. The van der Waals surface area contributed by atoms with E-state index in [0.717, 1.165) is 10.0 Å². The van der Waals surface area contributed by atoms with E-state index < -0.39 is 0 Å². The number of benzene rings is 2. The lowest BCUT2D eigenvalue weighted by Crippen LogP contribution is -2.11. The highest BCUT2D eigenvalue weighted by Gasteiger charge is 2.06. The summed E-state index contributed by atoms with van der Waals surface area (Å²) in [6.45, 7) is 1.47. The number of halogens is 2. The number of hydrogen-bond donors (Lipinski definition) is 1. The van der Waals surface area contributed by atoms with Crippen molar-refractivity contribution in [2.45, 2.75) is 6.61 Å². The average molecular weight is 359 g/mol. The molecule has 0 bridgehead atoms. The van der Waals surface area contributed by atoms with Crippen LogP contribution >= 0.6 is 28.3 Å². The molecule has 0 fully saturated rings. The molecule has 5 heteroatoms. The van der Waals surface area contributed by atoms with Gasteiger partial charge >= 0.3 is 0 Å². The van der Waals surface area contributed by atoms with E-state index in [9.17, 15) is 0 Å². The maximum Gasteiger partial charge on any atom is 0.162 e. The van der Waals surface area contributed by atoms with Crippen molar-refractivity contribution >= 4 is 28.3 Å². The van der Waals surface area contributed by atoms with Gasteiger partial charge in [0.05, 0.1) is 0 Å². The van der Waals surface area contributed by atoms with Crippen molar-refractivity contribution in [2.24, 2.45) is 5.73 Å². The first-order valence-corrected chi connectivity index (χ1v) is 6.88. The first kappa shape index (κ1) is 16.8. The SMILES string of the molecule is Cl.NCCOc1ccc(Br)cc1OCc1ccccc1. The Morgan fingerprint density at radius 1 is 0.950 bits per heavy atom. The van der Waals surface area contributed by atoms with Crippen LogP contribution in [0.4, 0.5) is 0 Å². The van der Waals surface area contributed by atoms with Crippen LogP contribution in [0.5, 0.6) is 11.5 Å². The first-order chi connectivity index (χ1) is 9.29. The van der Waals surface area contributed by atoms with Crippen LogP contribution in [-0.4, -0.2) is 13.2 Å². The molecule has 0 aliphatic heterocycles. The number of hydrogen-bond acceptors (Lipinski definition) is 3. The molecule has 2 aromatic rings. The second-order valence-electron chi connectivity index (χ2n) is 4.00. The molecule has 0 saturated heterocycles. The predicted molar refractivity (Wildman–Crippen MR) is 86.7 cm³/mol. The normalized spacial score (nSPS) is 9.70. The lowest BCUT2D eigenvalue weighted by Gasteiger charge is -2.12. The lowest BCUT2D eigenvalue weighted by molar-refractivity contribution is 0.265. The van der Waals surface area contributed by atoms with Crippen molar-refractivity contribution in [1.29, 1.82) is 0 Å². The van der Waals surface area contributed by atoms with E-state index in [1.165, 1.54) is 0 Å². The summed E-state index contributed by atoms with van der Waals surface area (Å²) >= 11 is 3.43. The number of rotatable bonds is 6. The van der Waals surface area contributed by atoms with Gasteiger partial charge in [-0.05, 0) is 23.8 Å². The maximum atomic E-state index is 5.81. The van der Waals surface area contributed by atoms with E-state index in [0.29, 0.717) is 31.3 Å². The summed E-state index contributed by atoms with van der Waals surface area (Å²) in [7, 11) is 0. The minimum Gasteiger partial charge on any atom is -0.488 e. The molecule has 2 aromatic carbocycles. The molecular weight excluding hydrogens is 342 g/mol. The highest BCUT2D eigenvalue weighted by atomic mass is 79.9. The Balaban J connectivity index is 0.00000200. The third-order valence-electron chi connectivity index (χ3n) is 2.52. The Hall–Kier alpha value is -1.23. The molecule has 2 N–H and O–H groups in total. The minimum atomic E-state index is 0. The molecule has 0 amide bonds. The summed E-state index contributed by atoms with van der Waals surface area (Å²) in [4.78, 5) is 0. The van der Waals surface area contributed by atoms with Crippen molar-refractivity contribution in [3.05, 3.63) is 58.6 Å². The fourth-order valence-electron chi connectivity index (χ4n) is 1.62. The van der Waals surface area contributed by atoms with Gasteiger partial charge in [-0.1, -0.05) is 46.3 Å². The molecule has 0 spiro atoms. The van der Waals surface area contributed by atoms with Crippen LogP contribution in [0.1, 0.15) is 5.56 Å². The summed E-state index contributed by atoms with van der Waals surface area (Å²) < 4.78 is 12.3. The van der Waals surface area contributed by atoms with Crippen molar-refractivity contribution < 1.29 is 9.47 Å². The summed E-state index contributed by atoms with van der Waals surface area (Å²) in [5, 5.41) is 0. The largest absolute Gasteiger partial charge is 0.488 e. The van der Waals surface area contributed by atoms with Gasteiger partial charge in [0.1, 0.15) is 13.2 Å². The summed E-state index contributed by atoms with van der Waals surface area (Å²) in [6.07, 6.45) is 0. The molecule has 0 aromatic heterocycles. The van der Waals surface area contributed by atoms with Crippen molar-refractivity contribution in [3.8, 4) is 11.5 Å². The molecule has 0 unspecified atom stereocenters. The fraction of sp³-hybridized carbons (Fsp3) is 0.200. The molecule has 2 rings (SSSR count).